The molecule has 7 heteroatoms. The van der Waals surface area contributed by atoms with Crippen LogP contribution in [-0.2, 0) is 14.4 Å². The van der Waals surface area contributed by atoms with Crippen molar-refractivity contribution in [3.05, 3.63) is 35.4 Å². The quantitative estimate of drug-likeness (QED) is 0.815. The van der Waals surface area contributed by atoms with E-state index in [9.17, 15) is 14.4 Å². The molecule has 0 saturated carbocycles. The smallest absolute Gasteiger partial charge is 0.327 e. The summed E-state index contributed by atoms with van der Waals surface area (Å²) in [6.45, 7) is 0.648. The number of carbonyl (C=O) groups excluding carboxylic acids is 2. The van der Waals surface area contributed by atoms with Crippen LogP contribution in [0.25, 0.3) is 0 Å². The number of carboxylic acids is 1. The number of nitrogens with one attached hydrogen (secondary N) is 1. The zero-order valence-electron chi connectivity index (χ0n) is 11.7. The number of nitrogens with zero attached hydrogens (tertiary/aromatic N) is 1. The van der Waals surface area contributed by atoms with Crippen molar-refractivity contribution >= 4 is 40.8 Å². The highest BCUT2D eigenvalue weighted by atomic mass is 35.5. The first-order valence-electron chi connectivity index (χ1n) is 6.76. The molecule has 1 saturated heterocycles. The van der Waals surface area contributed by atoms with Gasteiger partial charge >= 0.3 is 5.97 Å². The second-order valence-corrected chi connectivity index (χ2v) is 5.21. The van der Waals surface area contributed by atoms with Gasteiger partial charge in [0.15, 0.2) is 0 Å². The maximum atomic E-state index is 11.7. The van der Waals surface area contributed by atoms with Gasteiger partial charge in [0.1, 0.15) is 0 Å². The minimum Gasteiger partial charge on any atom is -0.478 e. The van der Waals surface area contributed by atoms with Crippen LogP contribution in [0.3, 0.4) is 0 Å². The van der Waals surface area contributed by atoms with E-state index in [0.717, 1.165) is 12.5 Å². The highest BCUT2D eigenvalue weighted by Gasteiger charge is 2.22. The number of amides is 2. The predicted octanol–water partition coefficient (Wildman–Crippen LogP) is 2.44. The van der Waals surface area contributed by atoms with Gasteiger partial charge in [-0.1, -0.05) is 17.7 Å². The predicted molar refractivity (Wildman–Crippen MR) is 83.1 cm³/mol. The number of benzene rings is 1. The molecule has 1 aliphatic rings. The first-order chi connectivity index (χ1) is 10.5. The number of aliphatic carboxylic acids is 1. The van der Waals surface area contributed by atoms with Crippen LogP contribution >= 0.6 is 11.6 Å². The van der Waals surface area contributed by atoms with Crippen LogP contribution in [0.15, 0.2) is 30.4 Å². The number of hydrogen-bond acceptors (Lipinski definition) is 3. The molecule has 1 aliphatic heterocycles. The number of carboxylic acid groups (broad SMARTS) is 1. The van der Waals surface area contributed by atoms with Gasteiger partial charge in [0.05, 0.1) is 10.7 Å². The van der Waals surface area contributed by atoms with E-state index in [1.165, 1.54) is 6.08 Å². The minimum absolute atomic E-state index is 0.0454. The minimum atomic E-state index is -1.11. The molecule has 0 atom stereocenters. The molecule has 1 aromatic rings. The highest BCUT2D eigenvalue weighted by molar-refractivity contribution is 6.33. The van der Waals surface area contributed by atoms with Crippen molar-refractivity contribution in [1.82, 2.24) is 0 Å². The lowest BCUT2D eigenvalue weighted by Gasteiger charge is -2.17. The van der Waals surface area contributed by atoms with Crippen molar-refractivity contribution in [3.8, 4) is 0 Å². The van der Waals surface area contributed by atoms with Gasteiger partial charge in [-0.3, -0.25) is 9.59 Å². The van der Waals surface area contributed by atoms with Crippen LogP contribution < -0.4 is 10.2 Å². The fourth-order valence-electron chi connectivity index (χ4n) is 2.17. The first-order valence-corrected chi connectivity index (χ1v) is 7.14. The van der Waals surface area contributed by atoms with Crippen molar-refractivity contribution in [2.24, 2.45) is 0 Å². The lowest BCUT2D eigenvalue weighted by Crippen LogP contribution is -2.23. The summed E-state index contributed by atoms with van der Waals surface area (Å²) in [5.74, 6) is -1.45. The van der Waals surface area contributed by atoms with Crippen LogP contribution in [0.2, 0.25) is 5.02 Å². The van der Waals surface area contributed by atoms with Crippen molar-refractivity contribution < 1.29 is 19.5 Å². The van der Waals surface area contributed by atoms with Gasteiger partial charge in [-0.25, -0.2) is 4.79 Å². The molecule has 116 valence electrons. The fraction of sp³-hybridized carbons (Fsp3) is 0.267. The van der Waals surface area contributed by atoms with Gasteiger partial charge in [0.2, 0.25) is 11.8 Å². The molecule has 1 heterocycles. The second-order valence-electron chi connectivity index (χ2n) is 4.81. The topological polar surface area (TPSA) is 86.7 Å². The molecule has 2 amide bonds. The Hall–Kier alpha value is -2.34. The van der Waals surface area contributed by atoms with Crippen molar-refractivity contribution in [3.63, 3.8) is 0 Å². The Kier molecular flexibility index (Phi) is 5.16. The normalized spacial score (nSPS) is 14.6. The zero-order chi connectivity index (χ0) is 16.1. The average Bonchev–Trinajstić information content (AvgIpc) is 2.87. The molecular weight excluding hydrogens is 308 g/mol. The Morgan fingerprint density at radius 2 is 2.18 bits per heavy atom. The molecule has 0 aliphatic carbocycles. The van der Waals surface area contributed by atoms with E-state index in [1.807, 2.05) is 0 Å². The number of halogens is 1. The maximum Gasteiger partial charge on any atom is 0.327 e. The molecule has 1 fully saturated rings. The third-order valence-corrected chi connectivity index (χ3v) is 3.50. The van der Waals surface area contributed by atoms with Crippen LogP contribution in [0, 0.1) is 0 Å². The summed E-state index contributed by atoms with van der Waals surface area (Å²) in [6, 6.07) is 4.99. The Labute approximate surface area is 132 Å². The lowest BCUT2D eigenvalue weighted by molar-refractivity contribution is -0.131. The maximum absolute atomic E-state index is 11.7. The molecule has 22 heavy (non-hydrogen) atoms. The molecule has 1 aromatic carbocycles. The molecule has 2 N–H and O–H groups in total. The van der Waals surface area contributed by atoms with Gasteiger partial charge in [-0.2, -0.15) is 0 Å². The summed E-state index contributed by atoms with van der Waals surface area (Å²) < 4.78 is 0. The van der Waals surface area contributed by atoms with E-state index in [0.29, 0.717) is 29.4 Å². The van der Waals surface area contributed by atoms with Gasteiger partial charge in [-0.05, 0) is 24.6 Å². The molecule has 2 rings (SSSR count). The standard InChI is InChI=1S/C15H15ClN2O4/c16-11-7-6-10(18-8-2-4-14(18)20)9-12(11)17-13(19)3-1-5-15(21)22/h1,5-7,9H,2-4,8H2,(H,17,19)(H,21,22). The van der Waals surface area contributed by atoms with Crippen molar-refractivity contribution in [1.29, 1.82) is 0 Å². The molecule has 0 radical (unpaired) electrons. The van der Waals surface area contributed by atoms with E-state index < -0.39 is 5.97 Å². The number of rotatable bonds is 5. The molecule has 6 nitrogen and oxygen atoms in total. The molecule has 0 spiro atoms. The summed E-state index contributed by atoms with van der Waals surface area (Å²) >= 11 is 6.04. The SMILES string of the molecule is O=C(O)C=CCC(=O)Nc1cc(N2CCCC2=O)ccc1Cl. The summed E-state index contributed by atoms with van der Waals surface area (Å²) in [5, 5.41) is 11.4. The van der Waals surface area contributed by atoms with Gasteiger partial charge in [-0.15, -0.1) is 0 Å². The number of anilines is 2. The molecular formula is C15H15ClN2O4. The van der Waals surface area contributed by atoms with Gasteiger partial charge in [0.25, 0.3) is 0 Å². The molecule has 0 aromatic heterocycles. The fourth-order valence-corrected chi connectivity index (χ4v) is 2.33. The number of carbonyl (C=O) groups is 3. The number of hydrogen-bond donors (Lipinski definition) is 2. The third kappa shape index (κ3) is 4.08. The van der Waals surface area contributed by atoms with Crippen LogP contribution in [0.1, 0.15) is 19.3 Å². The summed E-state index contributed by atoms with van der Waals surface area (Å²) in [5.41, 5.74) is 1.08. The molecule has 0 unspecified atom stereocenters. The Morgan fingerprint density at radius 3 is 2.82 bits per heavy atom. The zero-order valence-corrected chi connectivity index (χ0v) is 12.5. The lowest BCUT2D eigenvalue weighted by atomic mass is 10.2. The van der Waals surface area contributed by atoms with Gasteiger partial charge in [0, 0.05) is 31.1 Å². The van der Waals surface area contributed by atoms with Crippen LogP contribution in [-0.4, -0.2) is 29.4 Å². The highest BCUT2D eigenvalue weighted by Crippen LogP contribution is 2.30. The Morgan fingerprint density at radius 1 is 1.41 bits per heavy atom. The van der Waals surface area contributed by atoms with Crippen LogP contribution in [0.5, 0.6) is 0 Å². The average molecular weight is 323 g/mol. The monoisotopic (exact) mass is 322 g/mol. The van der Waals surface area contributed by atoms with Crippen molar-refractivity contribution in [2.45, 2.75) is 19.3 Å². The van der Waals surface area contributed by atoms with Crippen LogP contribution in [0.4, 0.5) is 11.4 Å². The van der Waals surface area contributed by atoms with E-state index in [2.05, 4.69) is 5.32 Å². The van der Waals surface area contributed by atoms with E-state index in [1.54, 1.807) is 23.1 Å². The Bertz CT molecular complexity index is 642. The summed E-state index contributed by atoms with van der Waals surface area (Å²) in [4.78, 5) is 35.5. The first kappa shape index (κ1) is 16.0. The Balaban J connectivity index is 2.08. The van der Waals surface area contributed by atoms with Gasteiger partial charge < -0.3 is 15.3 Å². The third-order valence-electron chi connectivity index (χ3n) is 3.17. The van der Waals surface area contributed by atoms with E-state index in [-0.39, 0.29) is 18.2 Å². The van der Waals surface area contributed by atoms with Crippen molar-refractivity contribution in [2.75, 3.05) is 16.8 Å². The summed E-state index contributed by atoms with van der Waals surface area (Å²) in [6.07, 6.45) is 3.41. The van der Waals surface area contributed by atoms with E-state index in [4.69, 9.17) is 16.7 Å². The van der Waals surface area contributed by atoms with E-state index >= 15 is 0 Å². The molecule has 0 bridgehead atoms. The second kappa shape index (κ2) is 7.09. The largest absolute Gasteiger partial charge is 0.478 e. The summed E-state index contributed by atoms with van der Waals surface area (Å²) in [7, 11) is 0.